The predicted octanol–water partition coefficient (Wildman–Crippen LogP) is 2.77. The second-order valence-electron chi connectivity index (χ2n) is 6.04. The normalized spacial score (nSPS) is 11.6. The molecule has 0 spiro atoms. The molecule has 0 aromatic heterocycles. The Morgan fingerprint density at radius 1 is 1.00 bits per heavy atom. The third kappa shape index (κ3) is 6.18. The van der Waals surface area contributed by atoms with E-state index in [9.17, 15) is 14.7 Å². The quantitative estimate of drug-likeness (QED) is 0.810. The number of aliphatic carboxylic acids is 1. The van der Waals surface area contributed by atoms with Crippen LogP contribution >= 0.6 is 0 Å². The fourth-order valence-electron chi connectivity index (χ4n) is 2.24. The van der Waals surface area contributed by atoms with Gasteiger partial charge in [0, 0.05) is 5.69 Å². The molecule has 0 bridgehead atoms. The van der Waals surface area contributed by atoms with Gasteiger partial charge in [0.1, 0.15) is 11.5 Å². The molecule has 0 unspecified atom stereocenters. The van der Waals surface area contributed by atoms with E-state index in [1.165, 1.54) is 0 Å². The van der Waals surface area contributed by atoms with Crippen molar-refractivity contribution in [3.8, 4) is 11.5 Å². The molecule has 2 amide bonds. The van der Waals surface area contributed by atoms with E-state index in [1.807, 2.05) is 44.2 Å². The Bertz CT molecular complexity index is 699. The number of hydrogen-bond acceptors (Lipinski definition) is 4. The predicted molar refractivity (Wildman–Crippen MR) is 93.4 cm³/mol. The topological polar surface area (TPSA) is 90.5 Å². The van der Waals surface area contributed by atoms with E-state index in [-0.39, 0.29) is 5.92 Å². The van der Waals surface area contributed by atoms with Crippen LogP contribution in [0, 0.1) is 5.92 Å². The average molecular weight is 341 g/mol. The fourth-order valence-corrected chi connectivity index (χ4v) is 2.24. The monoisotopic (exact) mass is 341 g/mol. The highest BCUT2D eigenvalue weighted by Crippen LogP contribution is 2.22. The zero-order chi connectivity index (χ0) is 18.2. The molecular weight excluding hydrogens is 320 g/mol. The molecule has 0 radical (unpaired) electrons. The first-order valence-corrected chi connectivity index (χ1v) is 8.05. The highest BCUT2D eigenvalue weighted by atomic mass is 16.5. The highest BCUT2D eigenvalue weighted by Gasteiger charge is 2.15. The first kappa shape index (κ1) is 18.3. The molecule has 0 aliphatic rings. The molecule has 0 fully saturated rings. The minimum Gasteiger partial charge on any atom is -0.548 e. The number of carboxylic acids is 1. The summed E-state index contributed by atoms with van der Waals surface area (Å²) in [4.78, 5) is 23.0. The van der Waals surface area contributed by atoms with Crippen LogP contribution in [-0.2, 0) is 4.79 Å². The van der Waals surface area contributed by atoms with E-state index in [0.717, 1.165) is 0 Å². The lowest BCUT2D eigenvalue weighted by Gasteiger charge is -2.21. The van der Waals surface area contributed by atoms with Crippen LogP contribution in [0.3, 0.4) is 0 Å². The number of carboxylic acid groups (broad SMARTS) is 1. The van der Waals surface area contributed by atoms with Crippen molar-refractivity contribution in [1.82, 2.24) is 5.32 Å². The second kappa shape index (κ2) is 8.73. The van der Waals surface area contributed by atoms with E-state index >= 15 is 0 Å². The Morgan fingerprint density at radius 3 is 2.16 bits per heavy atom. The van der Waals surface area contributed by atoms with Crippen LogP contribution in [0.15, 0.2) is 54.6 Å². The number of rotatable bonds is 7. The molecule has 1 atom stereocenters. The molecule has 25 heavy (non-hydrogen) atoms. The van der Waals surface area contributed by atoms with Crippen molar-refractivity contribution in [1.29, 1.82) is 0 Å². The van der Waals surface area contributed by atoms with Crippen LogP contribution < -0.4 is 20.5 Å². The van der Waals surface area contributed by atoms with Crippen LogP contribution in [-0.4, -0.2) is 18.0 Å². The summed E-state index contributed by atoms with van der Waals surface area (Å²) in [5.41, 5.74) is 0.527. The van der Waals surface area contributed by atoms with Crippen molar-refractivity contribution >= 4 is 17.7 Å². The maximum absolute atomic E-state index is 11.9. The Hall–Kier alpha value is -3.02. The minimum atomic E-state index is -1.30. The maximum Gasteiger partial charge on any atom is 0.319 e. The molecule has 6 nitrogen and oxygen atoms in total. The Balaban J connectivity index is 1.91. The number of carbonyl (C=O) groups is 2. The SMILES string of the molecule is CC(C)C[C@H](NC(=O)Nc1ccc(Oc2ccccc2)cc1)C(=O)[O-]. The molecule has 0 aliphatic carbocycles. The van der Waals surface area contributed by atoms with Crippen LogP contribution in [0.25, 0.3) is 0 Å². The zero-order valence-corrected chi connectivity index (χ0v) is 14.2. The van der Waals surface area contributed by atoms with Gasteiger partial charge in [0.25, 0.3) is 0 Å². The summed E-state index contributed by atoms with van der Waals surface area (Å²) in [7, 11) is 0. The van der Waals surface area contributed by atoms with Gasteiger partial charge in [0.05, 0.1) is 12.0 Å². The molecule has 2 aromatic rings. The third-order valence-electron chi connectivity index (χ3n) is 3.39. The summed E-state index contributed by atoms with van der Waals surface area (Å²) in [5.74, 6) is 0.170. The number of urea groups is 1. The minimum absolute atomic E-state index is 0.123. The number of para-hydroxylation sites is 1. The van der Waals surface area contributed by atoms with Crippen molar-refractivity contribution in [3.05, 3.63) is 54.6 Å². The number of carbonyl (C=O) groups excluding carboxylic acids is 2. The molecular formula is C19H21N2O4-. The lowest BCUT2D eigenvalue weighted by Crippen LogP contribution is -2.49. The van der Waals surface area contributed by atoms with E-state index in [4.69, 9.17) is 4.74 Å². The van der Waals surface area contributed by atoms with Crippen molar-refractivity contribution in [2.24, 2.45) is 5.92 Å². The maximum atomic E-state index is 11.9. The van der Waals surface area contributed by atoms with Gasteiger partial charge < -0.3 is 25.3 Å². The van der Waals surface area contributed by atoms with Crippen molar-refractivity contribution < 1.29 is 19.4 Å². The van der Waals surface area contributed by atoms with Gasteiger partial charge in [-0.15, -0.1) is 0 Å². The number of amides is 2. The van der Waals surface area contributed by atoms with Gasteiger partial charge in [-0.2, -0.15) is 0 Å². The molecule has 132 valence electrons. The van der Waals surface area contributed by atoms with Gasteiger partial charge in [-0.3, -0.25) is 0 Å². The number of benzene rings is 2. The van der Waals surface area contributed by atoms with Gasteiger partial charge in [0.2, 0.25) is 0 Å². The largest absolute Gasteiger partial charge is 0.548 e. The summed E-state index contributed by atoms with van der Waals surface area (Å²) >= 11 is 0. The Morgan fingerprint density at radius 2 is 1.60 bits per heavy atom. The molecule has 2 N–H and O–H groups in total. The van der Waals surface area contributed by atoms with Crippen molar-refractivity contribution in [2.45, 2.75) is 26.3 Å². The van der Waals surface area contributed by atoms with Crippen LogP contribution in [0.1, 0.15) is 20.3 Å². The van der Waals surface area contributed by atoms with Gasteiger partial charge in [-0.1, -0.05) is 32.0 Å². The van der Waals surface area contributed by atoms with Crippen LogP contribution in [0.5, 0.6) is 11.5 Å². The molecule has 0 heterocycles. The molecule has 2 aromatic carbocycles. The average Bonchev–Trinajstić information content (AvgIpc) is 2.56. The molecule has 0 saturated heterocycles. The molecule has 0 saturated carbocycles. The number of nitrogens with one attached hydrogen (secondary N) is 2. The van der Waals surface area contributed by atoms with Crippen molar-refractivity contribution in [3.63, 3.8) is 0 Å². The molecule has 2 rings (SSSR count). The van der Waals surface area contributed by atoms with Crippen LogP contribution in [0.4, 0.5) is 10.5 Å². The molecule has 6 heteroatoms. The summed E-state index contributed by atoms with van der Waals surface area (Å²) in [6.45, 7) is 3.75. The van der Waals surface area contributed by atoms with Crippen molar-refractivity contribution in [2.75, 3.05) is 5.32 Å². The number of anilines is 1. The second-order valence-corrected chi connectivity index (χ2v) is 6.04. The van der Waals surface area contributed by atoms with Gasteiger partial charge in [-0.05, 0) is 48.7 Å². The summed E-state index contributed by atoms with van der Waals surface area (Å²) < 4.78 is 5.66. The van der Waals surface area contributed by atoms with Gasteiger partial charge in [0.15, 0.2) is 0 Å². The van der Waals surface area contributed by atoms with Gasteiger partial charge in [-0.25, -0.2) is 4.79 Å². The lowest BCUT2D eigenvalue weighted by atomic mass is 10.0. The molecule has 0 aliphatic heterocycles. The first-order valence-electron chi connectivity index (χ1n) is 8.05. The zero-order valence-electron chi connectivity index (χ0n) is 14.2. The third-order valence-corrected chi connectivity index (χ3v) is 3.39. The Labute approximate surface area is 146 Å². The number of ether oxygens (including phenoxy) is 1. The standard InChI is InChI=1S/C19H22N2O4/c1-13(2)12-17(18(22)23)21-19(24)20-14-8-10-16(11-9-14)25-15-6-4-3-5-7-15/h3-11,13,17H,12H2,1-2H3,(H,22,23)(H2,20,21,24)/p-1/t17-/m0/s1. The lowest BCUT2D eigenvalue weighted by molar-refractivity contribution is -0.308. The van der Waals surface area contributed by atoms with E-state index in [0.29, 0.717) is 23.6 Å². The number of hydrogen-bond donors (Lipinski definition) is 2. The van der Waals surface area contributed by atoms with Gasteiger partial charge >= 0.3 is 6.03 Å². The highest BCUT2D eigenvalue weighted by molar-refractivity contribution is 5.92. The van der Waals surface area contributed by atoms with E-state index in [1.54, 1.807) is 24.3 Å². The van der Waals surface area contributed by atoms with E-state index < -0.39 is 18.0 Å². The Kier molecular flexibility index (Phi) is 6.39. The smallest absolute Gasteiger partial charge is 0.319 e. The van der Waals surface area contributed by atoms with E-state index in [2.05, 4.69) is 10.6 Å². The summed E-state index contributed by atoms with van der Waals surface area (Å²) in [6, 6.07) is 14.5. The van der Waals surface area contributed by atoms with Crippen LogP contribution in [0.2, 0.25) is 0 Å². The first-order chi connectivity index (χ1) is 11.9. The fraction of sp³-hybridized carbons (Fsp3) is 0.263. The summed E-state index contributed by atoms with van der Waals surface area (Å²) in [6.07, 6.45) is 0.305. The summed E-state index contributed by atoms with van der Waals surface area (Å²) in [5, 5.41) is 16.1.